The van der Waals surface area contributed by atoms with Gasteiger partial charge in [-0.15, -0.1) is 0 Å². The Kier molecular flexibility index (Phi) is 3.48. The molecular weight excluding hydrogens is 216 g/mol. The van der Waals surface area contributed by atoms with Gasteiger partial charge in [0.2, 0.25) is 0 Å². The molecule has 0 radical (unpaired) electrons. The number of aliphatic hydroxyl groups is 1. The molecule has 0 aromatic carbocycles. The van der Waals surface area contributed by atoms with Crippen LogP contribution in [-0.2, 0) is 13.0 Å². The largest absolute Gasteiger partial charge is 0.396 e. The van der Waals surface area contributed by atoms with Crippen molar-refractivity contribution >= 4 is 0 Å². The minimum absolute atomic E-state index is 0.0658. The summed E-state index contributed by atoms with van der Waals surface area (Å²) in [6, 6.07) is 5.77. The standard InChI is InChI=1S/C12H12N4O/c13-4-7-16-9-11(3-8-17)12(15-16)10-1-5-14-6-2-10/h1-2,5-6,9,17H,3,7-8H2. The monoisotopic (exact) mass is 228 g/mol. The van der Waals surface area contributed by atoms with Crippen LogP contribution in [0.25, 0.3) is 11.3 Å². The van der Waals surface area contributed by atoms with E-state index >= 15 is 0 Å². The molecule has 2 aromatic heterocycles. The van der Waals surface area contributed by atoms with Crippen molar-refractivity contribution in [3.8, 4) is 17.3 Å². The molecule has 0 aliphatic rings. The number of aromatic nitrogens is 3. The van der Waals surface area contributed by atoms with E-state index in [1.54, 1.807) is 23.3 Å². The van der Waals surface area contributed by atoms with Crippen LogP contribution < -0.4 is 0 Å². The Morgan fingerprint density at radius 3 is 2.76 bits per heavy atom. The average molecular weight is 228 g/mol. The molecule has 0 bridgehead atoms. The molecule has 0 unspecified atom stereocenters. The van der Waals surface area contributed by atoms with Gasteiger partial charge in [0.05, 0.1) is 11.8 Å². The SMILES string of the molecule is N#CCn1cc(CCO)c(-c2ccncc2)n1. The topological polar surface area (TPSA) is 74.7 Å². The number of hydrogen-bond donors (Lipinski definition) is 1. The van der Waals surface area contributed by atoms with Crippen molar-refractivity contribution in [1.82, 2.24) is 14.8 Å². The molecule has 86 valence electrons. The van der Waals surface area contributed by atoms with Gasteiger partial charge in [-0.3, -0.25) is 9.67 Å². The van der Waals surface area contributed by atoms with E-state index in [0.29, 0.717) is 6.42 Å². The zero-order chi connectivity index (χ0) is 12.1. The maximum atomic E-state index is 9.02. The lowest BCUT2D eigenvalue weighted by atomic mass is 10.1. The second kappa shape index (κ2) is 5.23. The number of nitriles is 1. The first-order chi connectivity index (χ1) is 8.35. The van der Waals surface area contributed by atoms with Gasteiger partial charge in [-0.25, -0.2) is 0 Å². The maximum absolute atomic E-state index is 9.02. The van der Waals surface area contributed by atoms with Crippen LogP contribution in [0.4, 0.5) is 0 Å². The van der Waals surface area contributed by atoms with Crippen molar-refractivity contribution in [2.45, 2.75) is 13.0 Å². The Bertz CT molecular complexity index is 527. The highest BCUT2D eigenvalue weighted by atomic mass is 16.2. The van der Waals surface area contributed by atoms with E-state index in [0.717, 1.165) is 16.8 Å². The quantitative estimate of drug-likeness (QED) is 0.847. The fourth-order valence-electron chi connectivity index (χ4n) is 1.67. The fraction of sp³-hybridized carbons (Fsp3) is 0.250. The maximum Gasteiger partial charge on any atom is 0.128 e. The molecule has 0 fully saturated rings. The van der Waals surface area contributed by atoms with Crippen LogP contribution in [-0.4, -0.2) is 26.5 Å². The first-order valence-electron chi connectivity index (χ1n) is 5.29. The molecule has 0 aliphatic carbocycles. The lowest BCUT2D eigenvalue weighted by Crippen LogP contribution is -1.95. The minimum atomic E-state index is 0.0658. The van der Waals surface area contributed by atoms with E-state index < -0.39 is 0 Å². The molecule has 1 N–H and O–H groups in total. The Morgan fingerprint density at radius 1 is 1.35 bits per heavy atom. The van der Waals surface area contributed by atoms with E-state index in [1.807, 2.05) is 18.2 Å². The third kappa shape index (κ3) is 2.49. The van der Waals surface area contributed by atoms with E-state index in [9.17, 15) is 0 Å². The van der Waals surface area contributed by atoms with E-state index in [1.165, 1.54) is 0 Å². The molecule has 2 heterocycles. The fourth-order valence-corrected chi connectivity index (χ4v) is 1.67. The first-order valence-corrected chi connectivity index (χ1v) is 5.29. The second-order valence-electron chi connectivity index (χ2n) is 3.57. The van der Waals surface area contributed by atoms with Crippen LogP contribution in [0.2, 0.25) is 0 Å². The number of pyridine rings is 1. The Balaban J connectivity index is 2.41. The molecular formula is C12H12N4O. The lowest BCUT2D eigenvalue weighted by molar-refractivity contribution is 0.299. The lowest BCUT2D eigenvalue weighted by Gasteiger charge is -1.99. The van der Waals surface area contributed by atoms with E-state index in [2.05, 4.69) is 10.1 Å². The van der Waals surface area contributed by atoms with Gasteiger partial charge in [-0.05, 0) is 18.6 Å². The zero-order valence-electron chi connectivity index (χ0n) is 9.24. The van der Waals surface area contributed by atoms with Crippen molar-refractivity contribution in [2.24, 2.45) is 0 Å². The summed E-state index contributed by atoms with van der Waals surface area (Å²) in [6.07, 6.45) is 5.72. The summed E-state index contributed by atoms with van der Waals surface area (Å²) in [5.41, 5.74) is 2.69. The molecule has 0 atom stereocenters. The summed E-state index contributed by atoms with van der Waals surface area (Å²) in [5.74, 6) is 0. The molecule has 5 nitrogen and oxygen atoms in total. The van der Waals surface area contributed by atoms with Gasteiger partial charge in [0.1, 0.15) is 6.54 Å². The van der Waals surface area contributed by atoms with Gasteiger partial charge in [-0.1, -0.05) is 0 Å². The molecule has 17 heavy (non-hydrogen) atoms. The highest BCUT2D eigenvalue weighted by Crippen LogP contribution is 2.21. The molecule has 0 aliphatic heterocycles. The van der Waals surface area contributed by atoms with Crippen LogP contribution in [0.15, 0.2) is 30.7 Å². The predicted octanol–water partition coefficient (Wildman–Crippen LogP) is 1.00. The highest BCUT2D eigenvalue weighted by molar-refractivity contribution is 5.62. The third-order valence-electron chi connectivity index (χ3n) is 2.41. The Morgan fingerprint density at radius 2 is 2.12 bits per heavy atom. The minimum Gasteiger partial charge on any atom is -0.396 e. The third-order valence-corrected chi connectivity index (χ3v) is 2.41. The van der Waals surface area contributed by atoms with Gasteiger partial charge < -0.3 is 5.11 Å². The zero-order valence-corrected chi connectivity index (χ0v) is 9.24. The number of nitrogens with zero attached hydrogens (tertiary/aromatic N) is 4. The van der Waals surface area contributed by atoms with Crippen LogP contribution in [0.1, 0.15) is 5.56 Å². The van der Waals surface area contributed by atoms with Crippen LogP contribution >= 0.6 is 0 Å². The van der Waals surface area contributed by atoms with Gasteiger partial charge in [-0.2, -0.15) is 10.4 Å². The van der Waals surface area contributed by atoms with Crippen molar-refractivity contribution < 1.29 is 5.11 Å². The van der Waals surface area contributed by atoms with E-state index in [4.69, 9.17) is 10.4 Å². The van der Waals surface area contributed by atoms with Crippen molar-refractivity contribution in [2.75, 3.05) is 6.61 Å². The highest BCUT2D eigenvalue weighted by Gasteiger charge is 2.10. The summed E-state index contributed by atoms with van der Waals surface area (Å²) in [6.45, 7) is 0.278. The summed E-state index contributed by atoms with van der Waals surface area (Å²) in [4.78, 5) is 3.95. The van der Waals surface area contributed by atoms with Gasteiger partial charge >= 0.3 is 0 Å². The van der Waals surface area contributed by atoms with Crippen LogP contribution in [0, 0.1) is 11.3 Å². The van der Waals surface area contributed by atoms with E-state index in [-0.39, 0.29) is 13.2 Å². The second-order valence-corrected chi connectivity index (χ2v) is 3.57. The molecule has 0 amide bonds. The average Bonchev–Trinajstić information content (AvgIpc) is 2.74. The molecule has 0 saturated heterocycles. The normalized spacial score (nSPS) is 10.1. The van der Waals surface area contributed by atoms with Gasteiger partial charge in [0, 0.05) is 36.3 Å². The molecule has 2 aromatic rings. The number of rotatable bonds is 4. The summed E-state index contributed by atoms with van der Waals surface area (Å²) < 4.78 is 1.58. The Labute approximate surface area is 99.0 Å². The summed E-state index contributed by atoms with van der Waals surface area (Å²) in [7, 11) is 0. The summed E-state index contributed by atoms with van der Waals surface area (Å²) >= 11 is 0. The van der Waals surface area contributed by atoms with Gasteiger partial charge in [0.15, 0.2) is 0 Å². The van der Waals surface area contributed by atoms with Crippen molar-refractivity contribution in [3.05, 3.63) is 36.3 Å². The molecule has 0 spiro atoms. The van der Waals surface area contributed by atoms with Gasteiger partial charge in [0.25, 0.3) is 0 Å². The van der Waals surface area contributed by atoms with Crippen molar-refractivity contribution in [3.63, 3.8) is 0 Å². The predicted molar refractivity (Wildman–Crippen MR) is 61.9 cm³/mol. The summed E-state index contributed by atoms with van der Waals surface area (Å²) in [5, 5.41) is 22.0. The van der Waals surface area contributed by atoms with Crippen molar-refractivity contribution in [1.29, 1.82) is 5.26 Å². The number of hydrogen-bond acceptors (Lipinski definition) is 4. The van der Waals surface area contributed by atoms with Crippen LogP contribution in [0.5, 0.6) is 0 Å². The molecule has 0 saturated carbocycles. The number of aliphatic hydroxyl groups excluding tert-OH is 1. The molecule has 5 heteroatoms. The Hall–Kier alpha value is -2.19. The van der Waals surface area contributed by atoms with Crippen LogP contribution in [0.3, 0.4) is 0 Å². The smallest absolute Gasteiger partial charge is 0.128 e. The first kappa shape index (κ1) is 11.3. The molecule has 2 rings (SSSR count).